The van der Waals surface area contributed by atoms with E-state index in [-0.39, 0.29) is 18.0 Å². The van der Waals surface area contributed by atoms with E-state index in [4.69, 9.17) is 0 Å². The van der Waals surface area contributed by atoms with Crippen LogP contribution in [0.3, 0.4) is 0 Å². The number of methoxy groups -OCH3 is 1. The Bertz CT molecular complexity index is 574. The van der Waals surface area contributed by atoms with E-state index in [0.717, 1.165) is 6.20 Å². The number of nitrogens with one attached hydrogen (secondary N) is 2. The molecule has 1 heterocycles. The first-order valence-electron chi connectivity index (χ1n) is 5.60. The first-order chi connectivity index (χ1) is 8.95. The van der Waals surface area contributed by atoms with Gasteiger partial charge in [-0.3, -0.25) is 19.4 Å². The molecule has 0 saturated carbocycles. The molecule has 2 N–H and O–H groups in total. The molecule has 8 nitrogen and oxygen atoms in total. The van der Waals surface area contributed by atoms with E-state index >= 15 is 0 Å². The number of carbonyl (C=O) groups excluding carboxylic acids is 2. The number of hydrogen-bond donors (Lipinski definition) is 2. The predicted molar refractivity (Wildman–Crippen MR) is 65.9 cm³/mol. The quantitative estimate of drug-likeness (QED) is 0.672. The van der Waals surface area contributed by atoms with Crippen molar-refractivity contribution in [2.24, 2.45) is 0 Å². The third-order valence-corrected chi connectivity index (χ3v) is 2.50. The van der Waals surface area contributed by atoms with Crippen LogP contribution in [-0.2, 0) is 9.53 Å². The van der Waals surface area contributed by atoms with Crippen LogP contribution in [0.1, 0.15) is 23.2 Å². The summed E-state index contributed by atoms with van der Waals surface area (Å²) in [5.41, 5.74) is -1.57. The molecular formula is C11H15N3O5. The van der Waals surface area contributed by atoms with Gasteiger partial charge in [-0.15, -0.1) is 0 Å². The van der Waals surface area contributed by atoms with Crippen molar-refractivity contribution in [2.45, 2.75) is 12.8 Å². The fourth-order valence-corrected chi connectivity index (χ4v) is 1.44. The summed E-state index contributed by atoms with van der Waals surface area (Å²) in [4.78, 5) is 50.5. The van der Waals surface area contributed by atoms with Crippen LogP contribution < -0.4 is 11.2 Å². The molecule has 104 valence electrons. The monoisotopic (exact) mass is 269 g/mol. The number of carbonyl (C=O) groups is 2. The number of rotatable bonds is 5. The van der Waals surface area contributed by atoms with Crippen LogP contribution in [-0.4, -0.2) is 47.4 Å². The Balaban J connectivity index is 2.64. The zero-order chi connectivity index (χ0) is 14.4. The first kappa shape index (κ1) is 14.7. The van der Waals surface area contributed by atoms with Crippen molar-refractivity contribution in [1.29, 1.82) is 0 Å². The Morgan fingerprint density at radius 1 is 1.37 bits per heavy atom. The molecule has 1 rings (SSSR count). The zero-order valence-electron chi connectivity index (χ0n) is 10.7. The molecule has 0 spiro atoms. The normalized spacial score (nSPS) is 10.0. The van der Waals surface area contributed by atoms with Gasteiger partial charge in [0.2, 0.25) is 0 Å². The van der Waals surface area contributed by atoms with Crippen molar-refractivity contribution in [3.63, 3.8) is 0 Å². The van der Waals surface area contributed by atoms with Gasteiger partial charge in [0, 0.05) is 26.2 Å². The minimum absolute atomic E-state index is 0.153. The largest absolute Gasteiger partial charge is 0.469 e. The summed E-state index contributed by atoms with van der Waals surface area (Å²) >= 11 is 0. The highest BCUT2D eigenvalue weighted by molar-refractivity contribution is 5.93. The average molecular weight is 269 g/mol. The molecule has 0 unspecified atom stereocenters. The lowest BCUT2D eigenvalue weighted by molar-refractivity contribution is -0.140. The number of nitrogens with zero attached hydrogens (tertiary/aromatic N) is 1. The summed E-state index contributed by atoms with van der Waals surface area (Å²) in [6, 6.07) is 0. The average Bonchev–Trinajstić information content (AvgIpc) is 2.37. The maximum absolute atomic E-state index is 11.9. The number of esters is 1. The van der Waals surface area contributed by atoms with Gasteiger partial charge < -0.3 is 14.6 Å². The van der Waals surface area contributed by atoms with Crippen molar-refractivity contribution in [1.82, 2.24) is 14.9 Å². The summed E-state index contributed by atoms with van der Waals surface area (Å²) in [5.74, 6) is -0.884. The van der Waals surface area contributed by atoms with E-state index in [2.05, 4.69) is 9.72 Å². The highest BCUT2D eigenvalue weighted by atomic mass is 16.5. The summed E-state index contributed by atoms with van der Waals surface area (Å²) in [5, 5.41) is 0. The highest BCUT2D eigenvalue weighted by Gasteiger charge is 2.15. The predicted octanol–water partition coefficient (Wildman–Crippen LogP) is -0.912. The molecule has 8 heteroatoms. The Labute approximate surface area is 108 Å². The van der Waals surface area contributed by atoms with Crippen LogP contribution in [0, 0.1) is 0 Å². The minimum Gasteiger partial charge on any atom is -0.469 e. The van der Waals surface area contributed by atoms with Crippen LogP contribution in [0.5, 0.6) is 0 Å². The third kappa shape index (κ3) is 4.09. The molecule has 19 heavy (non-hydrogen) atoms. The van der Waals surface area contributed by atoms with Crippen LogP contribution in [0.4, 0.5) is 0 Å². The van der Waals surface area contributed by atoms with Gasteiger partial charge >= 0.3 is 11.7 Å². The second-order valence-electron chi connectivity index (χ2n) is 3.89. The van der Waals surface area contributed by atoms with Crippen molar-refractivity contribution in [3.05, 3.63) is 32.6 Å². The number of aromatic nitrogens is 2. The molecule has 0 saturated heterocycles. The van der Waals surface area contributed by atoms with Gasteiger partial charge in [-0.05, 0) is 6.42 Å². The van der Waals surface area contributed by atoms with Gasteiger partial charge in [-0.25, -0.2) is 4.79 Å². The summed E-state index contributed by atoms with van der Waals surface area (Å²) < 4.78 is 4.47. The molecule has 0 aliphatic carbocycles. The topological polar surface area (TPSA) is 112 Å². The number of H-pyrrole nitrogens is 2. The summed E-state index contributed by atoms with van der Waals surface area (Å²) in [7, 11) is 2.79. The minimum atomic E-state index is -0.742. The lowest BCUT2D eigenvalue weighted by Crippen LogP contribution is -2.35. The van der Waals surface area contributed by atoms with E-state index in [1.807, 2.05) is 4.98 Å². The molecular weight excluding hydrogens is 254 g/mol. The molecule has 0 aliphatic heterocycles. The smallest absolute Gasteiger partial charge is 0.325 e. The number of hydrogen-bond acceptors (Lipinski definition) is 5. The lowest BCUT2D eigenvalue weighted by atomic mass is 10.2. The fourth-order valence-electron chi connectivity index (χ4n) is 1.44. The van der Waals surface area contributed by atoms with E-state index in [1.54, 1.807) is 0 Å². The number of ether oxygens (including phenoxy) is 1. The van der Waals surface area contributed by atoms with Gasteiger partial charge in [0.15, 0.2) is 0 Å². The van der Waals surface area contributed by atoms with Gasteiger partial charge in [0.05, 0.1) is 7.11 Å². The molecule has 1 aromatic heterocycles. The number of amides is 1. The van der Waals surface area contributed by atoms with Crippen molar-refractivity contribution in [3.8, 4) is 0 Å². The van der Waals surface area contributed by atoms with Gasteiger partial charge in [0.1, 0.15) is 5.56 Å². The fraction of sp³-hybridized carbons (Fsp3) is 0.455. The van der Waals surface area contributed by atoms with E-state index in [0.29, 0.717) is 13.0 Å². The summed E-state index contributed by atoms with van der Waals surface area (Å²) in [6.45, 7) is 0.298. The molecule has 0 atom stereocenters. The van der Waals surface area contributed by atoms with Crippen LogP contribution in [0.25, 0.3) is 0 Å². The van der Waals surface area contributed by atoms with Crippen molar-refractivity contribution in [2.75, 3.05) is 20.7 Å². The van der Waals surface area contributed by atoms with Gasteiger partial charge in [0.25, 0.3) is 11.5 Å². The molecule has 0 radical (unpaired) electrons. The van der Waals surface area contributed by atoms with Crippen LogP contribution in [0.15, 0.2) is 15.8 Å². The Morgan fingerprint density at radius 3 is 2.63 bits per heavy atom. The maximum atomic E-state index is 11.9. The Morgan fingerprint density at radius 2 is 2.05 bits per heavy atom. The van der Waals surface area contributed by atoms with Crippen molar-refractivity contribution < 1.29 is 14.3 Å². The van der Waals surface area contributed by atoms with Gasteiger partial charge in [-0.2, -0.15) is 0 Å². The molecule has 0 aliphatic rings. The van der Waals surface area contributed by atoms with E-state index in [9.17, 15) is 19.2 Å². The standard InChI is InChI=1S/C11H15N3O5/c1-14(5-3-4-8(15)19-2)10(17)7-6-12-11(18)13-9(7)16/h6H,3-5H2,1-2H3,(H2,12,13,16,18). The maximum Gasteiger partial charge on any atom is 0.325 e. The van der Waals surface area contributed by atoms with Crippen molar-refractivity contribution >= 4 is 11.9 Å². The van der Waals surface area contributed by atoms with Crippen LogP contribution in [0.2, 0.25) is 0 Å². The highest BCUT2D eigenvalue weighted by Crippen LogP contribution is 1.99. The second kappa shape index (κ2) is 6.53. The molecule has 0 aromatic carbocycles. The molecule has 1 amide bonds. The molecule has 0 bridgehead atoms. The van der Waals surface area contributed by atoms with E-state index in [1.165, 1.54) is 19.1 Å². The lowest BCUT2D eigenvalue weighted by Gasteiger charge is -2.15. The second-order valence-corrected chi connectivity index (χ2v) is 3.89. The summed E-state index contributed by atoms with van der Waals surface area (Å²) in [6.07, 6.45) is 1.69. The Kier molecular flexibility index (Phi) is 5.04. The third-order valence-electron chi connectivity index (χ3n) is 2.50. The van der Waals surface area contributed by atoms with E-state index < -0.39 is 17.2 Å². The molecule has 1 aromatic rings. The molecule has 0 fully saturated rings. The SMILES string of the molecule is COC(=O)CCCN(C)C(=O)c1c[nH]c(=O)[nH]c1=O. The van der Waals surface area contributed by atoms with Crippen LogP contribution >= 0.6 is 0 Å². The Hall–Kier alpha value is -2.38. The van der Waals surface area contributed by atoms with Gasteiger partial charge in [-0.1, -0.05) is 0 Å². The first-order valence-corrected chi connectivity index (χ1v) is 5.60. The zero-order valence-corrected chi connectivity index (χ0v) is 10.7. The number of aromatic amines is 2.